The molecule has 0 radical (unpaired) electrons. The molecule has 0 fully saturated rings. The van der Waals surface area contributed by atoms with Crippen LogP contribution in [0, 0.1) is 0 Å². The van der Waals surface area contributed by atoms with Gasteiger partial charge in [-0.3, -0.25) is 0 Å². The highest BCUT2D eigenvalue weighted by Gasteiger charge is 2.09. The van der Waals surface area contributed by atoms with E-state index in [-0.39, 0.29) is 6.61 Å². The number of allylic oxidation sites excluding steroid dienone is 3. The quantitative estimate of drug-likeness (QED) is 0.139. The Kier molecular flexibility index (Phi) is 15.8. The molecule has 0 unspecified atom stereocenters. The summed E-state index contributed by atoms with van der Waals surface area (Å²) in [7, 11) is 0. The number of hydrogen-bond acceptors (Lipinski definition) is 2. The maximum Gasteiger partial charge on any atom is 0.367 e. The Balaban J connectivity index is 3.57. The van der Waals surface area contributed by atoms with Gasteiger partial charge in [0.25, 0.3) is 0 Å². The Morgan fingerprint density at radius 1 is 0.833 bits per heavy atom. The Morgan fingerprint density at radius 3 is 1.83 bits per heavy atom. The van der Waals surface area contributed by atoms with Crippen molar-refractivity contribution < 1.29 is 18.3 Å². The monoisotopic (exact) mass is 344 g/mol. The first-order valence-corrected chi connectivity index (χ1v) is 9.51. The fourth-order valence-corrected chi connectivity index (χ4v) is 2.49. The number of carbonyl (C=O) groups excluding carboxylic acids is 1. The van der Waals surface area contributed by atoms with Gasteiger partial charge >= 0.3 is 5.97 Å². The van der Waals surface area contributed by atoms with Crippen LogP contribution in [-0.4, -0.2) is 12.6 Å². The van der Waals surface area contributed by atoms with E-state index in [9.17, 15) is 13.6 Å². The molecule has 0 bridgehead atoms. The molecule has 140 valence electrons. The van der Waals surface area contributed by atoms with Crippen molar-refractivity contribution in [2.45, 2.75) is 90.9 Å². The molecule has 2 nitrogen and oxygen atoms in total. The van der Waals surface area contributed by atoms with E-state index >= 15 is 0 Å². The van der Waals surface area contributed by atoms with Crippen LogP contribution in [-0.2, 0) is 9.53 Å². The molecule has 0 aromatic heterocycles. The van der Waals surface area contributed by atoms with Crippen LogP contribution >= 0.6 is 0 Å². The van der Waals surface area contributed by atoms with Gasteiger partial charge in [-0.1, -0.05) is 71.1 Å². The lowest BCUT2D eigenvalue weighted by molar-refractivity contribution is -0.140. The maximum absolute atomic E-state index is 13.4. The van der Waals surface area contributed by atoms with Gasteiger partial charge in [0.1, 0.15) is 5.83 Å². The van der Waals surface area contributed by atoms with Crippen LogP contribution in [0.5, 0.6) is 0 Å². The number of rotatable bonds is 15. The smallest absolute Gasteiger partial charge is 0.367 e. The zero-order chi connectivity index (χ0) is 18.0. The van der Waals surface area contributed by atoms with Crippen LogP contribution in [0.1, 0.15) is 90.9 Å². The van der Waals surface area contributed by atoms with E-state index in [1.54, 1.807) is 6.92 Å². The van der Waals surface area contributed by atoms with Crippen molar-refractivity contribution in [3.8, 4) is 0 Å². The third-order valence-electron chi connectivity index (χ3n) is 3.88. The van der Waals surface area contributed by atoms with Gasteiger partial charge in [-0.2, -0.15) is 4.39 Å². The maximum atomic E-state index is 13.4. The van der Waals surface area contributed by atoms with Crippen LogP contribution in [0.4, 0.5) is 8.78 Å². The van der Waals surface area contributed by atoms with Crippen LogP contribution in [0.25, 0.3) is 0 Å². The van der Waals surface area contributed by atoms with E-state index in [0.717, 1.165) is 19.3 Å². The molecule has 4 heteroatoms. The molecule has 0 saturated carbocycles. The lowest BCUT2D eigenvalue weighted by Crippen LogP contribution is -2.04. The summed E-state index contributed by atoms with van der Waals surface area (Å²) in [6, 6.07) is 0. The topological polar surface area (TPSA) is 26.3 Å². The fourth-order valence-electron chi connectivity index (χ4n) is 2.49. The summed E-state index contributed by atoms with van der Waals surface area (Å²) in [5, 5.41) is 0. The van der Waals surface area contributed by atoms with Crippen molar-refractivity contribution in [1.82, 2.24) is 0 Å². The van der Waals surface area contributed by atoms with Crippen molar-refractivity contribution in [3.63, 3.8) is 0 Å². The van der Waals surface area contributed by atoms with E-state index in [2.05, 4.69) is 11.7 Å². The van der Waals surface area contributed by atoms with E-state index < -0.39 is 17.6 Å². The van der Waals surface area contributed by atoms with Crippen molar-refractivity contribution in [1.29, 1.82) is 0 Å². The number of ether oxygens (including phenoxy) is 1. The van der Waals surface area contributed by atoms with Gasteiger partial charge in [0.05, 0.1) is 6.61 Å². The molecule has 24 heavy (non-hydrogen) atoms. The van der Waals surface area contributed by atoms with Crippen molar-refractivity contribution in [3.05, 3.63) is 23.8 Å². The Labute approximate surface area is 146 Å². The minimum Gasteiger partial charge on any atom is -0.461 e. The molecule has 0 aliphatic carbocycles. The second kappa shape index (κ2) is 16.7. The SMILES string of the molecule is CCCCCCCCCCCCC/C=C(F)/C=C(/F)C(=O)OCC. The zero-order valence-corrected chi connectivity index (χ0v) is 15.4. The molecule has 0 heterocycles. The summed E-state index contributed by atoms with van der Waals surface area (Å²) >= 11 is 0. The number of unbranched alkanes of at least 4 members (excludes halogenated alkanes) is 11. The van der Waals surface area contributed by atoms with Crippen molar-refractivity contribution in [2.24, 2.45) is 0 Å². The summed E-state index contributed by atoms with van der Waals surface area (Å²) < 4.78 is 31.0. The van der Waals surface area contributed by atoms with Gasteiger partial charge in [0, 0.05) is 6.08 Å². The Bertz CT molecular complexity index is 376. The number of esters is 1. The highest BCUT2D eigenvalue weighted by Crippen LogP contribution is 2.13. The molecule has 0 aliphatic heterocycles. The average Bonchev–Trinajstić information content (AvgIpc) is 2.56. The van der Waals surface area contributed by atoms with Crippen molar-refractivity contribution in [2.75, 3.05) is 6.61 Å². The van der Waals surface area contributed by atoms with Crippen LogP contribution in [0.15, 0.2) is 23.8 Å². The number of halogens is 2. The largest absolute Gasteiger partial charge is 0.461 e. The van der Waals surface area contributed by atoms with Gasteiger partial charge in [0.2, 0.25) is 5.83 Å². The molecule has 0 atom stereocenters. The third kappa shape index (κ3) is 14.4. The summed E-state index contributed by atoms with van der Waals surface area (Å²) in [6.45, 7) is 3.88. The summed E-state index contributed by atoms with van der Waals surface area (Å²) in [5.41, 5.74) is 0. The molecule has 0 rings (SSSR count). The lowest BCUT2D eigenvalue weighted by atomic mass is 10.1. The molecule has 0 aromatic rings. The molecule has 0 spiro atoms. The third-order valence-corrected chi connectivity index (χ3v) is 3.88. The predicted molar refractivity (Wildman–Crippen MR) is 96.1 cm³/mol. The fraction of sp³-hybridized carbons (Fsp3) is 0.750. The van der Waals surface area contributed by atoms with Gasteiger partial charge in [-0.15, -0.1) is 0 Å². The first-order chi connectivity index (χ1) is 11.6. The predicted octanol–water partition coefficient (Wildman–Crippen LogP) is 6.96. The van der Waals surface area contributed by atoms with Crippen molar-refractivity contribution >= 4 is 5.97 Å². The number of carbonyl (C=O) groups is 1. The second-order valence-electron chi connectivity index (χ2n) is 6.13. The summed E-state index contributed by atoms with van der Waals surface area (Å²) in [5.74, 6) is -3.02. The normalized spacial score (nSPS) is 12.5. The van der Waals surface area contributed by atoms with Gasteiger partial charge < -0.3 is 4.74 Å². The molecule has 0 amide bonds. The molecule has 0 aromatic carbocycles. The minimum absolute atomic E-state index is 0.0736. The van der Waals surface area contributed by atoms with Gasteiger partial charge in [-0.25, -0.2) is 9.18 Å². The molecular formula is C20H34F2O2. The van der Waals surface area contributed by atoms with Gasteiger partial charge in [-0.05, 0) is 25.8 Å². The van der Waals surface area contributed by atoms with E-state index in [4.69, 9.17) is 0 Å². The van der Waals surface area contributed by atoms with E-state index in [1.165, 1.54) is 57.4 Å². The summed E-state index contributed by atoms with van der Waals surface area (Å²) in [4.78, 5) is 11.0. The molecular weight excluding hydrogens is 310 g/mol. The lowest BCUT2D eigenvalue weighted by Gasteiger charge is -2.01. The van der Waals surface area contributed by atoms with E-state index in [0.29, 0.717) is 12.5 Å². The summed E-state index contributed by atoms with van der Waals surface area (Å²) in [6.07, 6.45) is 16.1. The standard InChI is InChI=1S/C20H34F2O2/c1-3-5-6-7-8-9-10-11-12-13-14-15-16-18(21)17-19(22)20(23)24-4-2/h16-17H,3-15H2,1-2H3/b18-16-,19-17+. The second-order valence-corrected chi connectivity index (χ2v) is 6.13. The molecule has 0 saturated heterocycles. The highest BCUT2D eigenvalue weighted by atomic mass is 19.1. The van der Waals surface area contributed by atoms with Crippen LogP contribution < -0.4 is 0 Å². The Morgan fingerprint density at radius 2 is 1.33 bits per heavy atom. The van der Waals surface area contributed by atoms with Crippen LogP contribution in [0.2, 0.25) is 0 Å². The van der Waals surface area contributed by atoms with Crippen LogP contribution in [0.3, 0.4) is 0 Å². The number of hydrogen-bond donors (Lipinski definition) is 0. The molecule has 0 aliphatic rings. The first kappa shape index (κ1) is 22.8. The molecule has 0 N–H and O–H groups in total. The zero-order valence-electron chi connectivity index (χ0n) is 15.4. The van der Waals surface area contributed by atoms with E-state index in [1.807, 2.05) is 0 Å². The van der Waals surface area contributed by atoms with Gasteiger partial charge in [0.15, 0.2) is 0 Å². The minimum atomic E-state index is -1.19. The highest BCUT2D eigenvalue weighted by molar-refractivity contribution is 5.86. The Hall–Kier alpha value is -1.19. The average molecular weight is 344 g/mol. The first-order valence-electron chi connectivity index (χ1n) is 9.51.